The second-order valence-corrected chi connectivity index (χ2v) is 9.73. The quantitative estimate of drug-likeness (QED) is 0.403. The monoisotopic (exact) mass is 470 g/mol. The lowest BCUT2D eigenvalue weighted by Gasteiger charge is -2.29. The second-order valence-electron chi connectivity index (χ2n) is 9.73. The van der Waals surface area contributed by atoms with Gasteiger partial charge in [-0.25, -0.2) is 0 Å². The molecule has 2 aliphatic heterocycles. The fourth-order valence-corrected chi connectivity index (χ4v) is 5.45. The van der Waals surface area contributed by atoms with Gasteiger partial charge in [0.15, 0.2) is 0 Å². The highest BCUT2D eigenvalue weighted by Crippen LogP contribution is 2.43. The minimum Gasteiger partial charge on any atom is -0.492 e. The van der Waals surface area contributed by atoms with Crippen LogP contribution in [-0.4, -0.2) is 32.2 Å². The lowest BCUT2D eigenvalue weighted by molar-refractivity contribution is -0.108. The molecule has 3 aliphatic rings. The van der Waals surface area contributed by atoms with Gasteiger partial charge in [-0.1, -0.05) is 24.3 Å². The standard InChI is InChI=1S/C30H30O5/c1-19-13-29(35-24-10-12-32-18-24)26-7-8-27(26)30(19)21-4-2-3-20(14-21)16-33-23-5-6-25-22(9-11-31)17-34-28(25)15-23/h2-6,11,13-15,22,24H,7-10,12,16-18H2,1H3. The van der Waals surface area contributed by atoms with Crippen LogP contribution in [0.3, 0.4) is 0 Å². The molecule has 1 aliphatic carbocycles. The Balaban J connectivity index is 1.19. The first kappa shape index (κ1) is 22.2. The summed E-state index contributed by atoms with van der Waals surface area (Å²) in [6.07, 6.45) is 4.75. The van der Waals surface area contributed by atoms with Gasteiger partial charge in [0.05, 0.1) is 19.8 Å². The molecule has 180 valence electrons. The SMILES string of the molecule is Cc1cc(OC2CCOC2)c2c(c1-c1cccc(COc3ccc4c(c3)OCC4CC=O)c1)CC2. The van der Waals surface area contributed by atoms with Crippen LogP contribution in [0.5, 0.6) is 17.2 Å². The van der Waals surface area contributed by atoms with Crippen molar-refractivity contribution in [3.63, 3.8) is 0 Å². The molecular weight excluding hydrogens is 440 g/mol. The first-order chi connectivity index (χ1) is 17.2. The van der Waals surface area contributed by atoms with Crippen LogP contribution in [0.25, 0.3) is 11.1 Å². The van der Waals surface area contributed by atoms with E-state index in [-0.39, 0.29) is 12.0 Å². The minimum atomic E-state index is 0.150. The lowest BCUT2D eigenvalue weighted by atomic mass is 9.79. The zero-order chi connectivity index (χ0) is 23.8. The van der Waals surface area contributed by atoms with E-state index < -0.39 is 0 Å². The molecule has 3 aromatic carbocycles. The van der Waals surface area contributed by atoms with Gasteiger partial charge in [-0.05, 0) is 71.3 Å². The zero-order valence-electron chi connectivity index (χ0n) is 20.0. The first-order valence-corrected chi connectivity index (χ1v) is 12.5. The first-order valence-electron chi connectivity index (χ1n) is 12.5. The summed E-state index contributed by atoms with van der Waals surface area (Å²) < 4.78 is 23.7. The predicted molar refractivity (Wildman–Crippen MR) is 134 cm³/mol. The molecule has 1 fully saturated rings. The van der Waals surface area contributed by atoms with Crippen molar-refractivity contribution >= 4 is 6.29 Å². The molecule has 2 heterocycles. The maximum absolute atomic E-state index is 10.9. The van der Waals surface area contributed by atoms with Crippen molar-refractivity contribution in [1.29, 1.82) is 0 Å². The normalized spacial score (nSPS) is 19.9. The second kappa shape index (κ2) is 9.38. The van der Waals surface area contributed by atoms with Gasteiger partial charge in [0.1, 0.15) is 36.2 Å². The van der Waals surface area contributed by atoms with E-state index in [0.29, 0.717) is 26.2 Å². The molecule has 35 heavy (non-hydrogen) atoms. The van der Waals surface area contributed by atoms with E-state index in [0.717, 1.165) is 60.5 Å². The number of rotatable bonds is 8. The van der Waals surface area contributed by atoms with Crippen molar-refractivity contribution in [2.75, 3.05) is 19.8 Å². The summed E-state index contributed by atoms with van der Waals surface area (Å²) >= 11 is 0. The topological polar surface area (TPSA) is 54.0 Å². The van der Waals surface area contributed by atoms with E-state index in [9.17, 15) is 4.79 Å². The van der Waals surface area contributed by atoms with Crippen LogP contribution in [-0.2, 0) is 29.0 Å². The van der Waals surface area contributed by atoms with Crippen molar-refractivity contribution in [2.45, 2.75) is 51.2 Å². The molecule has 2 unspecified atom stereocenters. The Morgan fingerprint density at radius 1 is 1.06 bits per heavy atom. The molecule has 5 heteroatoms. The molecule has 5 nitrogen and oxygen atoms in total. The molecule has 0 saturated carbocycles. The Bertz CT molecular complexity index is 1260. The van der Waals surface area contributed by atoms with Crippen LogP contribution in [0.15, 0.2) is 48.5 Å². The van der Waals surface area contributed by atoms with Gasteiger partial charge in [0.2, 0.25) is 0 Å². The molecule has 0 spiro atoms. The van der Waals surface area contributed by atoms with Crippen LogP contribution < -0.4 is 14.2 Å². The fourth-order valence-electron chi connectivity index (χ4n) is 5.45. The smallest absolute Gasteiger partial charge is 0.126 e. The van der Waals surface area contributed by atoms with E-state index >= 15 is 0 Å². The van der Waals surface area contributed by atoms with Gasteiger partial charge in [0.25, 0.3) is 0 Å². The number of aryl methyl sites for hydroxylation is 1. The largest absolute Gasteiger partial charge is 0.492 e. The van der Waals surface area contributed by atoms with Crippen LogP contribution in [0.4, 0.5) is 0 Å². The Morgan fingerprint density at radius 3 is 2.77 bits per heavy atom. The maximum Gasteiger partial charge on any atom is 0.126 e. The lowest BCUT2D eigenvalue weighted by Crippen LogP contribution is -2.20. The third-order valence-corrected chi connectivity index (χ3v) is 7.38. The third kappa shape index (κ3) is 4.30. The van der Waals surface area contributed by atoms with E-state index in [1.165, 1.54) is 27.8 Å². The van der Waals surface area contributed by atoms with Crippen molar-refractivity contribution in [1.82, 2.24) is 0 Å². The molecule has 0 amide bonds. The zero-order valence-corrected chi connectivity index (χ0v) is 20.0. The third-order valence-electron chi connectivity index (χ3n) is 7.38. The number of benzene rings is 3. The molecule has 0 N–H and O–H groups in total. The van der Waals surface area contributed by atoms with Gasteiger partial charge in [-0.2, -0.15) is 0 Å². The summed E-state index contributed by atoms with van der Waals surface area (Å²) in [4.78, 5) is 10.9. The van der Waals surface area contributed by atoms with Gasteiger partial charge < -0.3 is 23.7 Å². The van der Waals surface area contributed by atoms with Gasteiger partial charge in [-0.3, -0.25) is 0 Å². The molecule has 0 bridgehead atoms. The van der Waals surface area contributed by atoms with Crippen LogP contribution >= 0.6 is 0 Å². The number of carbonyl (C=O) groups is 1. The van der Waals surface area contributed by atoms with Crippen LogP contribution in [0.2, 0.25) is 0 Å². The summed E-state index contributed by atoms with van der Waals surface area (Å²) in [7, 11) is 0. The van der Waals surface area contributed by atoms with Crippen molar-refractivity contribution in [3.05, 3.63) is 76.3 Å². The Morgan fingerprint density at radius 2 is 1.97 bits per heavy atom. The molecule has 0 aromatic heterocycles. The molecular formula is C30H30O5. The van der Waals surface area contributed by atoms with E-state index in [1.54, 1.807) is 0 Å². The van der Waals surface area contributed by atoms with Gasteiger partial charge in [-0.15, -0.1) is 0 Å². The number of carbonyl (C=O) groups excluding carboxylic acids is 1. The summed E-state index contributed by atoms with van der Waals surface area (Å²) in [6.45, 7) is 4.69. The van der Waals surface area contributed by atoms with Crippen LogP contribution in [0.1, 0.15) is 46.6 Å². The Hall–Kier alpha value is -3.31. The van der Waals surface area contributed by atoms with E-state index in [2.05, 4.69) is 37.3 Å². The predicted octanol–water partition coefficient (Wildman–Crippen LogP) is 5.57. The average molecular weight is 471 g/mol. The molecule has 3 aromatic rings. The van der Waals surface area contributed by atoms with Crippen molar-refractivity contribution in [2.24, 2.45) is 0 Å². The van der Waals surface area contributed by atoms with Gasteiger partial charge in [0, 0.05) is 30.4 Å². The number of hydrogen-bond donors (Lipinski definition) is 0. The molecule has 2 atom stereocenters. The number of aldehydes is 1. The number of hydrogen-bond acceptors (Lipinski definition) is 5. The summed E-state index contributed by atoms with van der Waals surface area (Å²) in [5, 5.41) is 0. The molecule has 1 saturated heterocycles. The summed E-state index contributed by atoms with van der Waals surface area (Å²) in [6, 6.07) is 16.8. The van der Waals surface area contributed by atoms with E-state index in [1.807, 2.05) is 18.2 Å². The highest BCUT2D eigenvalue weighted by molar-refractivity contribution is 5.76. The summed E-state index contributed by atoms with van der Waals surface area (Å²) in [5.41, 5.74) is 8.78. The molecule has 0 radical (unpaired) electrons. The van der Waals surface area contributed by atoms with E-state index in [4.69, 9.17) is 18.9 Å². The number of fused-ring (bicyclic) bond motifs is 2. The summed E-state index contributed by atoms with van der Waals surface area (Å²) in [5.74, 6) is 2.79. The van der Waals surface area contributed by atoms with Crippen LogP contribution in [0, 0.1) is 6.92 Å². The minimum absolute atomic E-state index is 0.150. The van der Waals surface area contributed by atoms with Crippen molar-refractivity contribution in [3.8, 4) is 28.4 Å². The highest BCUT2D eigenvalue weighted by Gasteiger charge is 2.27. The Kier molecular flexibility index (Phi) is 5.95. The van der Waals surface area contributed by atoms with Crippen molar-refractivity contribution < 1.29 is 23.7 Å². The maximum atomic E-state index is 10.9. The van der Waals surface area contributed by atoms with Gasteiger partial charge >= 0.3 is 0 Å². The fraction of sp³-hybridized carbons (Fsp3) is 0.367. The average Bonchev–Trinajstić information content (AvgIpc) is 3.50. The molecule has 6 rings (SSSR count). The Labute approximate surface area is 206 Å². The highest BCUT2D eigenvalue weighted by atomic mass is 16.5. The number of ether oxygens (including phenoxy) is 4.